The van der Waals surface area contributed by atoms with E-state index in [0.29, 0.717) is 24.3 Å². The lowest BCUT2D eigenvalue weighted by Crippen LogP contribution is -2.44. The lowest BCUT2D eigenvalue weighted by atomic mass is 9.95. The van der Waals surface area contributed by atoms with E-state index in [1.54, 1.807) is 0 Å². The van der Waals surface area contributed by atoms with E-state index in [9.17, 15) is 14.4 Å². The van der Waals surface area contributed by atoms with Gasteiger partial charge in [-0.2, -0.15) is 0 Å². The second kappa shape index (κ2) is 18.7. The van der Waals surface area contributed by atoms with Crippen LogP contribution in [-0.4, -0.2) is 51.9 Å². The fourth-order valence-corrected chi connectivity index (χ4v) is 5.94. The summed E-state index contributed by atoms with van der Waals surface area (Å²) in [7, 11) is -0.129. The van der Waals surface area contributed by atoms with Crippen LogP contribution in [0.5, 0.6) is 5.75 Å². The van der Waals surface area contributed by atoms with Crippen molar-refractivity contribution in [3.05, 3.63) is 125 Å². The van der Waals surface area contributed by atoms with Crippen LogP contribution in [0.15, 0.2) is 103 Å². The molecule has 1 unspecified atom stereocenters. The Morgan fingerprint density at radius 3 is 2.04 bits per heavy atom. The van der Waals surface area contributed by atoms with Crippen LogP contribution in [0.2, 0.25) is 25.7 Å². The Labute approximate surface area is 296 Å². The normalized spacial score (nSPS) is 12.3. The van der Waals surface area contributed by atoms with Crippen molar-refractivity contribution in [2.24, 2.45) is 5.73 Å². The molecule has 4 rings (SSSR count). The van der Waals surface area contributed by atoms with E-state index in [2.05, 4.69) is 25.0 Å². The largest absolute Gasteiger partial charge is 0.489 e. The molecule has 0 heterocycles. The van der Waals surface area contributed by atoms with Crippen LogP contribution in [0.3, 0.4) is 0 Å². The number of esters is 2. The van der Waals surface area contributed by atoms with Gasteiger partial charge in [0.25, 0.3) is 0 Å². The Balaban J connectivity index is 1.61. The SMILES string of the molecule is COC(=O)CC(N)Cc1cccc(-c2ccc(OCc3ccccc3)c(C[C@H](NC(=O)OCc3ccccc3)C(=O)OCC[Si](C)(C)C)c2)c1. The van der Waals surface area contributed by atoms with Crippen LogP contribution in [0, 0.1) is 0 Å². The molecule has 4 aromatic rings. The van der Waals surface area contributed by atoms with Crippen molar-refractivity contribution in [3.63, 3.8) is 0 Å². The first-order valence-electron chi connectivity index (χ1n) is 16.8. The van der Waals surface area contributed by atoms with Gasteiger partial charge in [-0.25, -0.2) is 9.59 Å². The molecule has 10 heteroatoms. The van der Waals surface area contributed by atoms with E-state index >= 15 is 0 Å². The molecule has 50 heavy (non-hydrogen) atoms. The van der Waals surface area contributed by atoms with Crippen LogP contribution >= 0.6 is 0 Å². The Morgan fingerprint density at radius 2 is 1.38 bits per heavy atom. The summed E-state index contributed by atoms with van der Waals surface area (Å²) in [5, 5.41) is 2.76. The highest BCUT2D eigenvalue weighted by Crippen LogP contribution is 2.30. The summed E-state index contributed by atoms with van der Waals surface area (Å²) in [4.78, 5) is 38.4. The maximum absolute atomic E-state index is 13.6. The van der Waals surface area contributed by atoms with Crippen LogP contribution in [0.1, 0.15) is 28.7 Å². The van der Waals surface area contributed by atoms with Gasteiger partial charge in [0.2, 0.25) is 0 Å². The van der Waals surface area contributed by atoms with E-state index in [1.165, 1.54) is 7.11 Å². The lowest BCUT2D eigenvalue weighted by Gasteiger charge is -2.21. The van der Waals surface area contributed by atoms with Crippen molar-refractivity contribution in [2.75, 3.05) is 13.7 Å². The van der Waals surface area contributed by atoms with Crippen molar-refractivity contribution >= 4 is 26.1 Å². The van der Waals surface area contributed by atoms with Gasteiger partial charge in [0, 0.05) is 20.5 Å². The smallest absolute Gasteiger partial charge is 0.408 e. The number of rotatable bonds is 17. The molecule has 0 aromatic heterocycles. The molecule has 0 bridgehead atoms. The summed E-state index contributed by atoms with van der Waals surface area (Å²) >= 11 is 0. The number of hydrogen-bond donors (Lipinski definition) is 2. The molecule has 1 amide bonds. The minimum atomic E-state index is -1.48. The summed E-state index contributed by atoms with van der Waals surface area (Å²) in [5.74, 6) is -0.315. The predicted molar refractivity (Wildman–Crippen MR) is 197 cm³/mol. The van der Waals surface area contributed by atoms with E-state index in [-0.39, 0.29) is 38.1 Å². The monoisotopic (exact) mass is 696 g/mol. The van der Waals surface area contributed by atoms with Gasteiger partial charge in [0.15, 0.2) is 0 Å². The first-order chi connectivity index (χ1) is 24.0. The molecule has 0 aliphatic rings. The number of carbonyl (C=O) groups excluding carboxylic acids is 3. The highest BCUT2D eigenvalue weighted by Gasteiger charge is 2.26. The molecule has 0 aliphatic heterocycles. The number of hydrogen-bond acceptors (Lipinski definition) is 8. The summed E-state index contributed by atoms with van der Waals surface area (Å²) in [5.41, 5.74) is 11.5. The van der Waals surface area contributed by atoms with Gasteiger partial charge in [0.05, 0.1) is 20.1 Å². The maximum Gasteiger partial charge on any atom is 0.408 e. The van der Waals surface area contributed by atoms with E-state index in [1.807, 2.05) is 103 Å². The number of nitrogens with one attached hydrogen (secondary N) is 1. The highest BCUT2D eigenvalue weighted by atomic mass is 28.3. The number of methoxy groups -OCH3 is 1. The Bertz CT molecular complexity index is 1690. The summed E-state index contributed by atoms with van der Waals surface area (Å²) in [6.07, 6.45) is -0.00324. The minimum absolute atomic E-state index is 0.0601. The van der Waals surface area contributed by atoms with Crippen LogP contribution in [0.25, 0.3) is 11.1 Å². The van der Waals surface area contributed by atoms with Gasteiger partial charge in [-0.3, -0.25) is 4.79 Å². The summed E-state index contributed by atoms with van der Waals surface area (Å²) in [6.45, 7) is 7.28. The van der Waals surface area contributed by atoms with Gasteiger partial charge in [-0.1, -0.05) is 111 Å². The van der Waals surface area contributed by atoms with Crippen molar-refractivity contribution in [1.29, 1.82) is 0 Å². The fraction of sp³-hybridized carbons (Fsp3) is 0.325. The molecular formula is C40H48N2O7Si. The van der Waals surface area contributed by atoms with Crippen molar-refractivity contribution < 1.29 is 33.3 Å². The molecule has 4 aromatic carbocycles. The number of alkyl carbamates (subject to hydrolysis) is 1. The van der Waals surface area contributed by atoms with Crippen LogP contribution in [0.4, 0.5) is 4.79 Å². The standard InChI is InChI=1S/C40H48N2O7Si/c1-46-38(43)26-35(41)23-31-16-11-17-32(22-31)33-18-19-37(48-27-29-12-7-5-8-13-29)34(24-33)25-36(39(44)47-20-21-50(2,3)4)42-40(45)49-28-30-14-9-6-10-15-30/h5-19,22,24,35-36H,20-21,23,25-28,41H2,1-4H3,(H,42,45)/t35?,36-/m0/s1. The average Bonchev–Trinajstić information content (AvgIpc) is 3.10. The van der Waals surface area contributed by atoms with Gasteiger partial charge in [-0.15, -0.1) is 0 Å². The Morgan fingerprint density at radius 1 is 0.740 bits per heavy atom. The maximum atomic E-state index is 13.6. The molecular weight excluding hydrogens is 649 g/mol. The average molecular weight is 697 g/mol. The molecule has 3 N–H and O–H groups in total. The van der Waals surface area contributed by atoms with Crippen LogP contribution in [-0.2, 0) is 49.9 Å². The molecule has 0 fully saturated rings. The van der Waals surface area contributed by atoms with E-state index in [4.69, 9.17) is 24.7 Å². The number of carbonyl (C=O) groups is 3. The summed E-state index contributed by atoms with van der Waals surface area (Å²) in [6, 6.07) is 32.3. The molecule has 9 nitrogen and oxygen atoms in total. The van der Waals surface area contributed by atoms with Crippen LogP contribution < -0.4 is 15.8 Å². The molecule has 0 aliphatic carbocycles. The minimum Gasteiger partial charge on any atom is -0.489 e. The Hall–Kier alpha value is -4.93. The van der Waals surface area contributed by atoms with Gasteiger partial charge in [-0.05, 0) is 58.0 Å². The molecule has 2 atom stereocenters. The third-order valence-corrected chi connectivity index (χ3v) is 9.73. The fourth-order valence-electron chi connectivity index (χ4n) is 5.22. The molecule has 0 saturated heterocycles. The number of amides is 1. The van der Waals surface area contributed by atoms with Crippen molar-refractivity contribution in [2.45, 2.75) is 70.2 Å². The quantitative estimate of drug-likeness (QED) is 0.0682. The second-order valence-electron chi connectivity index (χ2n) is 13.5. The molecule has 264 valence electrons. The van der Waals surface area contributed by atoms with E-state index < -0.39 is 26.2 Å². The number of benzene rings is 4. The number of ether oxygens (including phenoxy) is 4. The zero-order chi connectivity index (χ0) is 35.9. The van der Waals surface area contributed by atoms with Gasteiger partial charge < -0.3 is 30.0 Å². The zero-order valence-corrected chi connectivity index (χ0v) is 30.4. The van der Waals surface area contributed by atoms with Gasteiger partial charge >= 0.3 is 18.0 Å². The number of nitrogens with two attached hydrogens (primary N) is 1. The van der Waals surface area contributed by atoms with Crippen molar-refractivity contribution in [1.82, 2.24) is 5.32 Å². The molecule has 0 saturated carbocycles. The zero-order valence-electron chi connectivity index (χ0n) is 29.4. The molecule has 0 radical (unpaired) electrons. The first kappa shape index (κ1) is 37.9. The third-order valence-electron chi connectivity index (χ3n) is 8.02. The van der Waals surface area contributed by atoms with Gasteiger partial charge in [0.1, 0.15) is 25.0 Å². The summed E-state index contributed by atoms with van der Waals surface area (Å²) < 4.78 is 22.3. The van der Waals surface area contributed by atoms with E-state index in [0.717, 1.165) is 33.9 Å². The lowest BCUT2D eigenvalue weighted by molar-refractivity contribution is -0.145. The second-order valence-corrected chi connectivity index (χ2v) is 19.1. The van der Waals surface area contributed by atoms with Crippen molar-refractivity contribution in [3.8, 4) is 16.9 Å². The first-order valence-corrected chi connectivity index (χ1v) is 20.5. The predicted octanol–water partition coefficient (Wildman–Crippen LogP) is 7.08. The molecule has 0 spiro atoms. The third kappa shape index (κ3) is 12.8. The highest BCUT2D eigenvalue weighted by molar-refractivity contribution is 6.76. The Kier molecular flexibility index (Phi) is 14.2. The topological polar surface area (TPSA) is 126 Å².